The van der Waals surface area contributed by atoms with Crippen molar-refractivity contribution >= 4 is 60.3 Å². The molecular formula is C51H19BF20N2O. The molecule has 382 valence electrons. The first-order valence-corrected chi connectivity index (χ1v) is 21.0. The quantitative estimate of drug-likeness (QED) is 0.0378. The summed E-state index contributed by atoms with van der Waals surface area (Å²) < 4.78 is 302. The topological polar surface area (TPSA) is 26.0 Å². The van der Waals surface area contributed by atoms with E-state index in [1.165, 1.54) is 32.5 Å². The van der Waals surface area contributed by atoms with E-state index < -0.39 is 144 Å². The Balaban J connectivity index is 0.000000197. The second-order valence-electron chi connectivity index (χ2n) is 16.4. The van der Waals surface area contributed by atoms with E-state index in [1.54, 1.807) is 12.4 Å². The molecule has 0 N–H and O–H groups in total. The van der Waals surface area contributed by atoms with Crippen LogP contribution in [0.3, 0.4) is 0 Å². The summed E-state index contributed by atoms with van der Waals surface area (Å²) >= 11 is 0. The molecule has 0 saturated carbocycles. The minimum absolute atomic E-state index is 0.719. The van der Waals surface area contributed by atoms with Gasteiger partial charge in [0.05, 0.1) is 6.20 Å². The molecule has 9 aromatic carbocycles. The van der Waals surface area contributed by atoms with Crippen molar-refractivity contribution in [2.24, 2.45) is 0 Å². The lowest BCUT2D eigenvalue weighted by atomic mass is 9.12. The molecule has 75 heavy (non-hydrogen) atoms. The second-order valence-corrected chi connectivity index (χ2v) is 16.4. The van der Waals surface area contributed by atoms with E-state index >= 15 is 35.1 Å². The number of hydrogen-bond donors (Lipinski definition) is 0. The van der Waals surface area contributed by atoms with Crippen LogP contribution in [0.15, 0.2) is 104 Å². The highest BCUT2D eigenvalue weighted by atomic mass is 19.2. The summed E-state index contributed by atoms with van der Waals surface area (Å²) in [5, 5.41) is 7.39. The van der Waals surface area contributed by atoms with Crippen molar-refractivity contribution in [2.45, 2.75) is 6.54 Å². The van der Waals surface area contributed by atoms with E-state index in [2.05, 4.69) is 88.4 Å². The van der Waals surface area contributed by atoms with Gasteiger partial charge in [-0.2, -0.15) is 4.57 Å². The van der Waals surface area contributed by atoms with Crippen LogP contribution in [-0.4, -0.2) is 11.1 Å². The molecule has 1 heterocycles. The molecule has 10 aromatic rings. The van der Waals surface area contributed by atoms with Crippen LogP contribution in [0.25, 0.3) is 32.3 Å². The van der Waals surface area contributed by atoms with E-state index in [9.17, 15) is 52.7 Å². The smallest absolute Gasteiger partial charge is 0.392 e. The van der Waals surface area contributed by atoms with E-state index in [1.807, 2.05) is 12.3 Å². The van der Waals surface area contributed by atoms with E-state index in [0.717, 1.165) is 23.6 Å². The van der Waals surface area contributed by atoms with Crippen molar-refractivity contribution in [1.82, 2.24) is 4.98 Å². The summed E-state index contributed by atoms with van der Waals surface area (Å²) in [5.41, 5.74) is -13.1. The molecule has 24 heteroatoms. The third-order valence-electron chi connectivity index (χ3n) is 12.4. The summed E-state index contributed by atoms with van der Waals surface area (Å²) in [6.07, 6.45) is -1.69. The molecule has 0 unspecified atom stereocenters. The van der Waals surface area contributed by atoms with Crippen LogP contribution < -0.4 is 31.2 Å². The van der Waals surface area contributed by atoms with Gasteiger partial charge in [0.1, 0.15) is 64.6 Å². The molecule has 0 bridgehead atoms. The predicted molar refractivity (Wildman–Crippen MR) is 229 cm³/mol. The standard InChI is InChI=1S/C27H19N2O.C24BF20/c1-2-5-19(6-3-1)18-29-16-15-28-17-25(29)30-24-14-12-22-10-9-20-7-4-8-21-11-13-23(24)27(22)26(20)21;26-5-1(6(27)14(35)21(42)13(5)34)25(2-7(28)15(36)22(43)16(37)8(2)29,3-9(30)17(38)23(44)18(39)10(3)31)4-11(32)19(40)24(45)20(41)12(4)33/h1-17H,18H2;/q+1;-1. The highest BCUT2D eigenvalue weighted by molar-refractivity contribution is 7.20. The molecule has 3 nitrogen and oxygen atoms in total. The summed E-state index contributed by atoms with van der Waals surface area (Å²) in [6, 6.07) is 29.8. The molecule has 0 fully saturated rings. The number of hydrogen-bond acceptors (Lipinski definition) is 2. The average Bonchev–Trinajstić information content (AvgIpc) is 3.41. The fraction of sp³-hybridized carbons (Fsp3) is 0.0196. The number of rotatable bonds is 8. The number of aromatic nitrogens is 2. The number of benzene rings is 9. The minimum Gasteiger partial charge on any atom is -0.403 e. The Kier molecular flexibility index (Phi) is 13.1. The van der Waals surface area contributed by atoms with Gasteiger partial charge in [0.25, 0.3) is 0 Å². The van der Waals surface area contributed by atoms with Crippen molar-refractivity contribution in [1.29, 1.82) is 0 Å². The third-order valence-corrected chi connectivity index (χ3v) is 12.4. The van der Waals surface area contributed by atoms with Gasteiger partial charge in [-0.05, 0) is 33.7 Å². The van der Waals surface area contributed by atoms with Crippen molar-refractivity contribution in [3.05, 3.63) is 225 Å². The molecular weight excluding hydrogens is 1050 g/mol. The van der Waals surface area contributed by atoms with Crippen molar-refractivity contribution in [3.63, 3.8) is 0 Å². The fourth-order valence-corrected chi connectivity index (χ4v) is 9.15. The van der Waals surface area contributed by atoms with E-state index in [4.69, 9.17) is 4.74 Å². The predicted octanol–water partition coefficient (Wildman–Crippen LogP) is 12.0. The summed E-state index contributed by atoms with van der Waals surface area (Å²) in [7, 11) is 0. The second kappa shape index (κ2) is 19.1. The van der Waals surface area contributed by atoms with Crippen LogP contribution in [0.5, 0.6) is 11.6 Å². The van der Waals surface area contributed by atoms with Crippen LogP contribution >= 0.6 is 0 Å². The number of ether oxygens (including phenoxy) is 1. The SMILES string of the molecule is Fc1c(F)c(F)c([B-](c2c(F)c(F)c(F)c(F)c2F)(c2c(F)c(F)c(F)c(F)c2F)c2c(F)c(F)c(F)c(F)c2F)c(F)c1F.c1ccc(C[n+]2ccncc2Oc2ccc3ccc4cccc5ccc2c3c45)cc1. The maximum Gasteiger partial charge on any atom is 0.392 e. The molecule has 1 aromatic heterocycles. The molecule has 0 spiro atoms. The highest BCUT2D eigenvalue weighted by Gasteiger charge is 2.52. The summed E-state index contributed by atoms with van der Waals surface area (Å²) in [6.45, 7) is 0.727. The Morgan fingerprint density at radius 1 is 0.360 bits per heavy atom. The van der Waals surface area contributed by atoms with Gasteiger partial charge >= 0.3 is 5.88 Å². The maximum absolute atomic E-state index is 15.4. The van der Waals surface area contributed by atoms with Crippen LogP contribution in [0.4, 0.5) is 87.8 Å². The van der Waals surface area contributed by atoms with Gasteiger partial charge in [-0.25, -0.2) is 92.8 Å². The first kappa shape index (κ1) is 51.5. The van der Waals surface area contributed by atoms with Gasteiger partial charge in [-0.1, -0.05) is 72.8 Å². The zero-order valence-corrected chi connectivity index (χ0v) is 36.5. The van der Waals surface area contributed by atoms with E-state index in [-0.39, 0.29) is 0 Å². The van der Waals surface area contributed by atoms with Crippen LogP contribution in [0.1, 0.15) is 5.56 Å². The van der Waals surface area contributed by atoms with Gasteiger partial charge in [-0.15, -0.1) is 21.9 Å². The van der Waals surface area contributed by atoms with Gasteiger partial charge in [0.15, 0.2) is 82.5 Å². The first-order valence-electron chi connectivity index (χ1n) is 21.0. The van der Waals surface area contributed by atoms with Crippen molar-refractivity contribution in [2.75, 3.05) is 0 Å². The highest BCUT2D eigenvalue weighted by Crippen LogP contribution is 2.40. The molecule has 0 atom stereocenters. The molecule has 0 aliphatic heterocycles. The zero-order valence-electron chi connectivity index (χ0n) is 36.5. The molecule has 10 rings (SSSR count). The number of nitrogens with zero attached hydrogens (tertiary/aromatic N) is 2. The zero-order chi connectivity index (χ0) is 54.3. The van der Waals surface area contributed by atoms with Crippen molar-refractivity contribution in [3.8, 4) is 11.6 Å². The van der Waals surface area contributed by atoms with Gasteiger partial charge < -0.3 is 4.74 Å². The van der Waals surface area contributed by atoms with Crippen LogP contribution in [-0.2, 0) is 6.54 Å². The lowest BCUT2D eigenvalue weighted by Gasteiger charge is -2.44. The van der Waals surface area contributed by atoms with Gasteiger partial charge in [-0.3, -0.25) is 0 Å². The first-order chi connectivity index (χ1) is 35.6. The minimum atomic E-state index is -7.22. The average molecular weight is 1070 g/mol. The van der Waals surface area contributed by atoms with Gasteiger partial charge in [0, 0.05) is 16.3 Å². The monoisotopic (exact) mass is 1070 g/mol. The molecule has 0 amide bonds. The molecule has 0 saturated heterocycles. The summed E-state index contributed by atoms with van der Waals surface area (Å²) in [5.74, 6) is -69.8. The summed E-state index contributed by atoms with van der Waals surface area (Å²) in [4.78, 5) is 4.30. The lowest BCUT2D eigenvalue weighted by molar-refractivity contribution is -0.692. The Labute approximate surface area is 405 Å². The Morgan fingerprint density at radius 3 is 1.11 bits per heavy atom. The lowest BCUT2D eigenvalue weighted by Crippen LogP contribution is -2.81. The fourth-order valence-electron chi connectivity index (χ4n) is 9.15. The van der Waals surface area contributed by atoms with Crippen LogP contribution in [0.2, 0.25) is 0 Å². The molecule has 0 radical (unpaired) electrons. The Hall–Kier alpha value is -8.44. The third kappa shape index (κ3) is 7.86. The number of halogens is 20. The largest absolute Gasteiger partial charge is 0.403 e. The van der Waals surface area contributed by atoms with E-state index in [0.29, 0.717) is 0 Å². The molecule has 0 aliphatic carbocycles. The Bertz CT molecular complexity index is 3580. The normalized spacial score (nSPS) is 11.8. The van der Waals surface area contributed by atoms with Crippen molar-refractivity contribution < 1.29 is 97.1 Å². The van der Waals surface area contributed by atoms with Crippen LogP contribution in [0, 0.1) is 116 Å². The van der Waals surface area contributed by atoms with Gasteiger partial charge in [0.2, 0.25) is 0 Å². The Morgan fingerprint density at radius 2 is 0.707 bits per heavy atom. The molecule has 0 aliphatic rings. The maximum atomic E-state index is 15.4.